The van der Waals surface area contributed by atoms with Crippen LogP contribution < -0.4 is 5.73 Å². The number of halogens is 2. The lowest BCUT2D eigenvalue weighted by atomic mass is 10.4. The molecule has 4 nitrogen and oxygen atoms in total. The number of rotatable bonds is 1. The number of nitrogens with two attached hydrogens (primary N) is 1. The van der Waals surface area contributed by atoms with Crippen molar-refractivity contribution in [3.63, 3.8) is 0 Å². The van der Waals surface area contributed by atoms with Crippen LogP contribution in [-0.4, -0.2) is 14.8 Å². The van der Waals surface area contributed by atoms with Crippen LogP contribution in [0.5, 0.6) is 0 Å². The number of aromatic nitrogens is 3. The van der Waals surface area contributed by atoms with Crippen LogP contribution in [0.25, 0.3) is 5.82 Å². The number of pyridine rings is 1. The molecule has 0 atom stereocenters. The van der Waals surface area contributed by atoms with Crippen LogP contribution in [-0.2, 0) is 0 Å². The Balaban J connectivity index is 2.52. The minimum absolute atomic E-state index is 0.415. The summed E-state index contributed by atoms with van der Waals surface area (Å²) >= 11 is 11.6. The number of nitrogen functional groups attached to an aromatic ring is 1. The molecular formula is C8H6Cl2N4. The van der Waals surface area contributed by atoms with Crippen molar-refractivity contribution >= 4 is 29.0 Å². The van der Waals surface area contributed by atoms with Crippen molar-refractivity contribution in [1.29, 1.82) is 0 Å². The van der Waals surface area contributed by atoms with Gasteiger partial charge in [0.1, 0.15) is 5.82 Å². The maximum Gasteiger partial charge on any atom is 0.172 e. The molecule has 0 saturated carbocycles. The molecule has 2 N–H and O–H groups in total. The van der Waals surface area contributed by atoms with E-state index in [2.05, 4.69) is 10.1 Å². The fourth-order valence-electron chi connectivity index (χ4n) is 1.03. The normalized spacial score (nSPS) is 10.4. The van der Waals surface area contributed by atoms with Gasteiger partial charge in [-0.1, -0.05) is 23.2 Å². The maximum atomic E-state index is 5.92. The van der Waals surface area contributed by atoms with E-state index < -0.39 is 0 Å². The average molecular weight is 229 g/mol. The summed E-state index contributed by atoms with van der Waals surface area (Å²) in [4.78, 5) is 4.04. The van der Waals surface area contributed by atoms with Gasteiger partial charge in [0, 0.05) is 18.5 Å². The first kappa shape index (κ1) is 9.30. The molecule has 2 rings (SSSR count). The van der Waals surface area contributed by atoms with E-state index in [0.29, 0.717) is 21.7 Å². The first-order valence-electron chi connectivity index (χ1n) is 3.79. The van der Waals surface area contributed by atoms with Crippen molar-refractivity contribution in [2.45, 2.75) is 0 Å². The van der Waals surface area contributed by atoms with Gasteiger partial charge < -0.3 is 5.73 Å². The third-order valence-electron chi connectivity index (χ3n) is 1.62. The SMILES string of the molecule is Nc1ccn(-c2ncc(Cl)cc2Cl)n1. The molecule has 0 bridgehead atoms. The molecule has 0 amide bonds. The zero-order valence-corrected chi connectivity index (χ0v) is 8.50. The van der Waals surface area contributed by atoms with E-state index >= 15 is 0 Å². The van der Waals surface area contributed by atoms with E-state index in [1.54, 1.807) is 18.3 Å². The molecule has 14 heavy (non-hydrogen) atoms. The van der Waals surface area contributed by atoms with Crippen LogP contribution in [0, 0.1) is 0 Å². The van der Waals surface area contributed by atoms with Crippen LogP contribution in [0.2, 0.25) is 10.0 Å². The number of hydrogen-bond acceptors (Lipinski definition) is 3. The van der Waals surface area contributed by atoms with Crippen molar-refractivity contribution in [2.75, 3.05) is 5.73 Å². The Bertz CT molecular complexity index is 466. The zero-order chi connectivity index (χ0) is 10.1. The quantitative estimate of drug-likeness (QED) is 0.814. The fourth-order valence-corrected chi connectivity index (χ4v) is 1.50. The number of anilines is 1. The molecule has 6 heteroatoms. The molecule has 0 aliphatic rings. The molecule has 2 aromatic rings. The van der Waals surface area contributed by atoms with Gasteiger partial charge in [-0.2, -0.15) is 0 Å². The molecule has 0 unspecified atom stereocenters. The zero-order valence-electron chi connectivity index (χ0n) is 6.98. The van der Waals surface area contributed by atoms with Gasteiger partial charge in [0.05, 0.1) is 10.0 Å². The summed E-state index contributed by atoms with van der Waals surface area (Å²) in [5, 5.41) is 4.89. The maximum absolute atomic E-state index is 5.92. The Morgan fingerprint density at radius 2 is 2.14 bits per heavy atom. The van der Waals surface area contributed by atoms with Crippen LogP contribution in [0.1, 0.15) is 0 Å². The van der Waals surface area contributed by atoms with Crippen LogP contribution >= 0.6 is 23.2 Å². The molecule has 2 heterocycles. The van der Waals surface area contributed by atoms with E-state index in [9.17, 15) is 0 Å². The lowest BCUT2D eigenvalue weighted by Crippen LogP contribution is -1.99. The molecule has 0 saturated heterocycles. The molecule has 0 aliphatic carbocycles. The molecule has 2 aromatic heterocycles. The molecule has 0 spiro atoms. The van der Waals surface area contributed by atoms with Crippen molar-refractivity contribution in [2.24, 2.45) is 0 Å². The van der Waals surface area contributed by atoms with Gasteiger partial charge in [0.25, 0.3) is 0 Å². The van der Waals surface area contributed by atoms with Gasteiger partial charge in [-0.15, -0.1) is 5.10 Å². The molecule has 0 aliphatic heterocycles. The van der Waals surface area contributed by atoms with Crippen LogP contribution in [0.15, 0.2) is 24.5 Å². The highest BCUT2D eigenvalue weighted by Gasteiger charge is 2.05. The van der Waals surface area contributed by atoms with Crippen molar-refractivity contribution in [3.8, 4) is 5.82 Å². The van der Waals surface area contributed by atoms with Gasteiger partial charge in [0.2, 0.25) is 0 Å². The average Bonchev–Trinajstić information content (AvgIpc) is 2.51. The predicted molar refractivity (Wildman–Crippen MR) is 55.8 cm³/mol. The second-order valence-electron chi connectivity index (χ2n) is 2.64. The van der Waals surface area contributed by atoms with Gasteiger partial charge >= 0.3 is 0 Å². The fraction of sp³-hybridized carbons (Fsp3) is 0. The van der Waals surface area contributed by atoms with Gasteiger partial charge in [-0.05, 0) is 6.07 Å². The molecule has 0 radical (unpaired) electrons. The molecule has 0 aromatic carbocycles. The third kappa shape index (κ3) is 1.66. The first-order chi connectivity index (χ1) is 6.66. The van der Waals surface area contributed by atoms with E-state index in [1.807, 2.05) is 0 Å². The Labute approximate surface area is 90.3 Å². The topological polar surface area (TPSA) is 56.7 Å². The Hall–Kier alpha value is -1.26. The minimum atomic E-state index is 0.415. The van der Waals surface area contributed by atoms with Crippen LogP contribution in [0.3, 0.4) is 0 Å². The summed E-state index contributed by atoms with van der Waals surface area (Å²) in [5.74, 6) is 0.922. The largest absolute Gasteiger partial charge is 0.382 e. The highest BCUT2D eigenvalue weighted by atomic mass is 35.5. The second kappa shape index (κ2) is 3.48. The summed E-state index contributed by atoms with van der Waals surface area (Å²) in [6.45, 7) is 0. The minimum Gasteiger partial charge on any atom is -0.382 e. The number of hydrogen-bond donors (Lipinski definition) is 1. The first-order valence-corrected chi connectivity index (χ1v) is 4.55. The molecular weight excluding hydrogens is 223 g/mol. The van der Waals surface area contributed by atoms with Gasteiger partial charge in [-0.25, -0.2) is 9.67 Å². The summed E-state index contributed by atoms with van der Waals surface area (Å²) in [7, 11) is 0. The summed E-state index contributed by atoms with van der Waals surface area (Å²) in [6.07, 6.45) is 3.18. The summed E-state index contributed by atoms with van der Waals surface area (Å²) in [5.41, 5.74) is 5.47. The predicted octanol–water partition coefficient (Wildman–Crippen LogP) is 2.16. The van der Waals surface area contributed by atoms with E-state index in [-0.39, 0.29) is 0 Å². The summed E-state index contributed by atoms with van der Waals surface area (Å²) in [6, 6.07) is 3.26. The smallest absolute Gasteiger partial charge is 0.172 e. The van der Waals surface area contributed by atoms with Crippen molar-refractivity contribution in [3.05, 3.63) is 34.6 Å². The van der Waals surface area contributed by atoms with E-state index in [4.69, 9.17) is 28.9 Å². The van der Waals surface area contributed by atoms with Crippen molar-refractivity contribution in [1.82, 2.24) is 14.8 Å². The standard InChI is InChI=1S/C8H6Cl2N4/c9-5-3-6(10)8(12-4-5)14-2-1-7(11)13-14/h1-4H,(H2,11,13). The van der Waals surface area contributed by atoms with Gasteiger partial charge in [0.15, 0.2) is 5.82 Å². The Kier molecular flexibility index (Phi) is 2.31. The van der Waals surface area contributed by atoms with E-state index in [0.717, 1.165) is 0 Å². The molecule has 72 valence electrons. The lowest BCUT2D eigenvalue weighted by Gasteiger charge is -2.02. The highest BCUT2D eigenvalue weighted by Crippen LogP contribution is 2.21. The number of nitrogens with zero attached hydrogens (tertiary/aromatic N) is 3. The van der Waals surface area contributed by atoms with Gasteiger partial charge in [-0.3, -0.25) is 0 Å². The third-order valence-corrected chi connectivity index (χ3v) is 2.10. The van der Waals surface area contributed by atoms with E-state index in [1.165, 1.54) is 10.9 Å². The lowest BCUT2D eigenvalue weighted by molar-refractivity contribution is 0.852. The highest BCUT2D eigenvalue weighted by molar-refractivity contribution is 6.35. The summed E-state index contributed by atoms with van der Waals surface area (Å²) < 4.78 is 1.49. The van der Waals surface area contributed by atoms with Crippen molar-refractivity contribution < 1.29 is 0 Å². The second-order valence-corrected chi connectivity index (χ2v) is 3.49. The molecule has 0 fully saturated rings. The van der Waals surface area contributed by atoms with Crippen LogP contribution in [0.4, 0.5) is 5.82 Å². The monoisotopic (exact) mass is 228 g/mol. The Morgan fingerprint density at radius 3 is 2.71 bits per heavy atom. The Morgan fingerprint density at radius 1 is 1.36 bits per heavy atom.